The van der Waals surface area contributed by atoms with E-state index in [0.717, 1.165) is 11.4 Å². The van der Waals surface area contributed by atoms with E-state index < -0.39 is 0 Å². The Morgan fingerprint density at radius 1 is 0.353 bits per heavy atom. The Hall–Kier alpha value is -5.76. The van der Waals surface area contributed by atoms with Gasteiger partial charge in [-0.2, -0.15) is 0 Å². The average molecular weight is 728 g/mol. The van der Waals surface area contributed by atoms with Crippen molar-refractivity contribution in [2.24, 2.45) is 0 Å². The van der Waals surface area contributed by atoms with Crippen molar-refractivity contribution in [3.63, 3.8) is 0 Å². The zero-order valence-corrected chi connectivity index (χ0v) is 30.3. The van der Waals surface area contributed by atoms with E-state index in [1.54, 1.807) is 0 Å². The van der Waals surface area contributed by atoms with Gasteiger partial charge in [0.2, 0.25) is 0 Å². The minimum absolute atomic E-state index is 0. The van der Waals surface area contributed by atoms with Gasteiger partial charge in [0.25, 0.3) is 0 Å². The maximum absolute atomic E-state index is 4.49. The minimum atomic E-state index is 0. The largest absolute Gasteiger partial charge is 2.00 e. The molecule has 0 atom stereocenters. The molecule has 0 radical (unpaired) electrons. The molecule has 2 nitrogen and oxygen atoms in total. The van der Waals surface area contributed by atoms with Crippen LogP contribution in [0.3, 0.4) is 0 Å². The molecule has 10 rings (SSSR count). The van der Waals surface area contributed by atoms with Crippen molar-refractivity contribution in [1.82, 2.24) is 9.97 Å². The zero-order chi connectivity index (χ0) is 33.3. The van der Waals surface area contributed by atoms with Gasteiger partial charge in [0.05, 0.1) is 0 Å². The number of pyridine rings is 2. The Morgan fingerprint density at radius 3 is 1.22 bits per heavy atom. The first-order valence-electron chi connectivity index (χ1n) is 17.0. The molecule has 0 unspecified atom stereocenters. The van der Waals surface area contributed by atoms with Gasteiger partial charge in [-0.3, -0.25) is 9.97 Å². The van der Waals surface area contributed by atoms with Crippen LogP contribution in [-0.4, -0.2) is 9.97 Å². The third kappa shape index (κ3) is 6.50. The van der Waals surface area contributed by atoms with Gasteiger partial charge in [-0.25, -0.2) is 0 Å². The fourth-order valence-electron chi connectivity index (χ4n) is 7.05. The van der Waals surface area contributed by atoms with Crippen molar-refractivity contribution in [2.75, 3.05) is 0 Å². The van der Waals surface area contributed by atoms with Crippen LogP contribution in [0.1, 0.15) is 0 Å². The second kappa shape index (κ2) is 14.2. The molecule has 10 aromatic rings. The molecule has 0 saturated carbocycles. The summed E-state index contributed by atoms with van der Waals surface area (Å²) >= 11 is 0. The smallest absolute Gasteiger partial charge is 0.295 e. The van der Waals surface area contributed by atoms with Crippen LogP contribution in [0.25, 0.3) is 87.9 Å². The number of hydrogen-bond acceptors (Lipinski definition) is 2. The van der Waals surface area contributed by atoms with Crippen molar-refractivity contribution >= 4 is 43.1 Å². The van der Waals surface area contributed by atoms with E-state index in [2.05, 4.69) is 168 Å². The minimum Gasteiger partial charge on any atom is -0.295 e. The Morgan fingerprint density at radius 2 is 0.784 bits per heavy atom. The Kier molecular flexibility index (Phi) is 9.06. The van der Waals surface area contributed by atoms with Crippen LogP contribution in [0.15, 0.2) is 194 Å². The summed E-state index contributed by atoms with van der Waals surface area (Å²) in [5.41, 5.74) is 9.42. The van der Waals surface area contributed by atoms with E-state index in [0.29, 0.717) is 0 Å². The molecular formula is C48H32N2Zr. The summed E-state index contributed by atoms with van der Waals surface area (Å²) in [6.45, 7) is 0. The summed E-state index contributed by atoms with van der Waals surface area (Å²) in [5, 5.41) is 10.2. The number of aromatic nitrogens is 2. The number of benzene rings is 6. The molecule has 0 N–H and O–H groups in total. The third-order valence-corrected chi connectivity index (χ3v) is 9.54. The SMILES string of the molecule is [Zr+2].c1ccc(-c2cc3c(-c4ccc5ccccc5c4)cccc3[cH-]2)nc1.c1ccc(-c2cc3c(-c4ccc5ccccc5c4)cccc3[cH-]2)nc1. The summed E-state index contributed by atoms with van der Waals surface area (Å²) in [6.07, 6.45) is 3.69. The Labute approximate surface area is 316 Å². The maximum atomic E-state index is 4.49. The van der Waals surface area contributed by atoms with Crippen LogP contribution in [0, 0.1) is 0 Å². The first-order chi connectivity index (χ1) is 24.8. The molecule has 2 heterocycles. The average Bonchev–Trinajstić information content (AvgIpc) is 3.84. The quantitative estimate of drug-likeness (QED) is 0.169. The molecule has 0 amide bonds. The molecule has 2 aromatic heterocycles. The first kappa shape index (κ1) is 32.4. The maximum Gasteiger partial charge on any atom is 2.00 e. The molecule has 0 aliphatic heterocycles. The first-order valence-corrected chi connectivity index (χ1v) is 17.0. The van der Waals surface area contributed by atoms with Crippen molar-refractivity contribution in [2.45, 2.75) is 0 Å². The van der Waals surface area contributed by atoms with Crippen LogP contribution in [0.4, 0.5) is 0 Å². The van der Waals surface area contributed by atoms with Crippen LogP contribution in [0.5, 0.6) is 0 Å². The van der Waals surface area contributed by atoms with Crippen molar-refractivity contribution < 1.29 is 26.2 Å². The molecular weight excluding hydrogens is 696 g/mol. The van der Waals surface area contributed by atoms with E-state index in [1.165, 1.54) is 76.5 Å². The predicted octanol–water partition coefficient (Wildman–Crippen LogP) is 12.9. The summed E-state index contributed by atoms with van der Waals surface area (Å²) in [7, 11) is 0. The van der Waals surface area contributed by atoms with Crippen molar-refractivity contribution in [3.8, 4) is 44.8 Å². The normalized spacial score (nSPS) is 11.0. The van der Waals surface area contributed by atoms with E-state index in [9.17, 15) is 0 Å². The van der Waals surface area contributed by atoms with Crippen molar-refractivity contribution in [3.05, 3.63) is 194 Å². The number of nitrogens with zero attached hydrogens (tertiary/aromatic N) is 2. The molecule has 8 aromatic carbocycles. The Balaban J connectivity index is 0.000000144. The molecule has 0 fully saturated rings. The molecule has 3 heteroatoms. The van der Waals surface area contributed by atoms with Crippen molar-refractivity contribution in [1.29, 1.82) is 0 Å². The monoisotopic (exact) mass is 726 g/mol. The molecule has 51 heavy (non-hydrogen) atoms. The summed E-state index contributed by atoms with van der Waals surface area (Å²) in [6, 6.07) is 64.4. The molecule has 0 aliphatic rings. The summed E-state index contributed by atoms with van der Waals surface area (Å²) in [5.74, 6) is 0. The fourth-order valence-corrected chi connectivity index (χ4v) is 7.05. The van der Waals surface area contributed by atoms with Gasteiger partial charge in [-0.1, -0.05) is 132 Å². The number of hydrogen-bond donors (Lipinski definition) is 0. The van der Waals surface area contributed by atoms with Gasteiger partial charge in [-0.15, -0.1) is 69.1 Å². The molecule has 0 spiro atoms. The van der Waals surface area contributed by atoms with Gasteiger partial charge >= 0.3 is 26.2 Å². The third-order valence-electron chi connectivity index (χ3n) is 9.54. The van der Waals surface area contributed by atoms with Gasteiger partial charge in [-0.05, 0) is 56.9 Å². The van der Waals surface area contributed by atoms with Gasteiger partial charge in [0.15, 0.2) is 0 Å². The number of rotatable bonds is 4. The summed E-state index contributed by atoms with van der Waals surface area (Å²) in [4.78, 5) is 8.98. The van der Waals surface area contributed by atoms with Crippen LogP contribution >= 0.6 is 0 Å². The molecule has 0 bridgehead atoms. The summed E-state index contributed by atoms with van der Waals surface area (Å²) < 4.78 is 0. The van der Waals surface area contributed by atoms with Gasteiger partial charge < -0.3 is 0 Å². The topological polar surface area (TPSA) is 25.8 Å². The predicted molar refractivity (Wildman–Crippen MR) is 211 cm³/mol. The van der Waals surface area contributed by atoms with E-state index in [4.69, 9.17) is 0 Å². The van der Waals surface area contributed by atoms with Crippen LogP contribution in [-0.2, 0) is 26.2 Å². The zero-order valence-electron chi connectivity index (χ0n) is 27.9. The number of fused-ring (bicyclic) bond motifs is 4. The Bertz CT molecular complexity index is 2570. The van der Waals surface area contributed by atoms with E-state index in [-0.39, 0.29) is 26.2 Å². The molecule has 0 aliphatic carbocycles. The van der Waals surface area contributed by atoms with Gasteiger partial charge in [0.1, 0.15) is 0 Å². The second-order valence-electron chi connectivity index (χ2n) is 12.7. The second-order valence-corrected chi connectivity index (χ2v) is 12.7. The van der Waals surface area contributed by atoms with Gasteiger partial charge in [0, 0.05) is 23.8 Å². The standard InChI is InChI=1S/2C24H16N.Zr/c2*1-2-7-18-14-20(12-11-17(18)6-1)22-9-5-8-19-15-21(16-23(19)22)24-10-3-4-13-25-24;/h2*1-16H;/q2*-1;+2. The van der Waals surface area contributed by atoms with Crippen LogP contribution < -0.4 is 0 Å². The molecule has 0 saturated heterocycles. The fraction of sp³-hybridized carbons (Fsp3) is 0. The van der Waals surface area contributed by atoms with E-state index >= 15 is 0 Å². The van der Waals surface area contributed by atoms with E-state index in [1.807, 2.05) is 36.7 Å². The van der Waals surface area contributed by atoms with Crippen LogP contribution in [0.2, 0.25) is 0 Å². The molecule has 238 valence electrons.